The van der Waals surface area contributed by atoms with Crippen molar-refractivity contribution in [3.63, 3.8) is 0 Å². The largest absolute Gasteiger partial charge is 0.374 e. The van der Waals surface area contributed by atoms with Crippen molar-refractivity contribution in [2.24, 2.45) is 10.2 Å². The lowest BCUT2D eigenvalue weighted by Crippen LogP contribution is -2.42. The summed E-state index contributed by atoms with van der Waals surface area (Å²) >= 11 is 0. The van der Waals surface area contributed by atoms with Gasteiger partial charge in [0.2, 0.25) is 5.91 Å². The number of hydrogen-bond donors (Lipinski definition) is 1. The second-order valence-corrected chi connectivity index (χ2v) is 6.51. The van der Waals surface area contributed by atoms with Gasteiger partial charge in [0, 0.05) is 12.6 Å². The van der Waals surface area contributed by atoms with Crippen LogP contribution in [-0.2, 0) is 16.1 Å². The van der Waals surface area contributed by atoms with Crippen molar-refractivity contribution < 1.29 is 9.53 Å². The number of amides is 1. The zero-order chi connectivity index (χ0) is 23.2. The van der Waals surface area contributed by atoms with Crippen LogP contribution in [0.4, 0.5) is 0 Å². The number of rotatable bonds is 12. The molecule has 1 atom stereocenters. The molecule has 172 valence electrons. The van der Waals surface area contributed by atoms with Crippen LogP contribution >= 0.6 is 0 Å². The van der Waals surface area contributed by atoms with Gasteiger partial charge in [0.25, 0.3) is 0 Å². The van der Waals surface area contributed by atoms with Crippen molar-refractivity contribution in [2.75, 3.05) is 6.61 Å². The van der Waals surface area contributed by atoms with Crippen molar-refractivity contribution in [3.8, 4) is 0 Å². The average Bonchev–Trinajstić information content (AvgIpc) is 2.78. The Bertz CT molecular complexity index is 583. The Morgan fingerprint density at radius 2 is 1.60 bits per heavy atom. The molecule has 0 aliphatic rings. The highest BCUT2D eigenvalue weighted by atomic mass is 16.5. The maximum absolute atomic E-state index is 11.5. The van der Waals surface area contributed by atoms with E-state index in [1.165, 1.54) is 6.92 Å². The molecular weight excluding hydrogens is 374 g/mol. The molecule has 0 saturated carbocycles. The highest BCUT2D eigenvalue weighted by Crippen LogP contribution is 2.05. The second-order valence-electron chi connectivity index (χ2n) is 6.51. The third kappa shape index (κ3) is 15.9. The summed E-state index contributed by atoms with van der Waals surface area (Å²) in [7, 11) is 0. The van der Waals surface area contributed by atoms with Crippen LogP contribution in [0.5, 0.6) is 0 Å². The molecule has 30 heavy (non-hydrogen) atoms. The van der Waals surface area contributed by atoms with Gasteiger partial charge < -0.3 is 10.1 Å². The van der Waals surface area contributed by atoms with E-state index in [2.05, 4.69) is 29.4 Å². The van der Waals surface area contributed by atoms with E-state index >= 15 is 0 Å². The van der Waals surface area contributed by atoms with E-state index in [0.29, 0.717) is 13.2 Å². The summed E-state index contributed by atoms with van der Waals surface area (Å²) in [5.74, 6) is -0.100. The zero-order valence-electron chi connectivity index (χ0n) is 20.6. The number of carbonyl (C=O) groups is 1. The molecule has 0 aromatic heterocycles. The Kier molecular flexibility index (Phi) is 21.8. The van der Waals surface area contributed by atoms with Gasteiger partial charge in [-0.1, -0.05) is 84.7 Å². The van der Waals surface area contributed by atoms with Gasteiger partial charge in [-0.05, 0) is 31.7 Å². The third-order valence-corrected chi connectivity index (χ3v) is 3.98. The maximum atomic E-state index is 11.5. The van der Waals surface area contributed by atoms with E-state index in [1.807, 2.05) is 65.0 Å². The number of benzene rings is 1. The van der Waals surface area contributed by atoms with Crippen LogP contribution < -0.4 is 5.32 Å². The van der Waals surface area contributed by atoms with Gasteiger partial charge in [0.15, 0.2) is 0 Å². The summed E-state index contributed by atoms with van der Waals surface area (Å²) < 4.78 is 5.78. The van der Waals surface area contributed by atoms with E-state index in [-0.39, 0.29) is 11.9 Å². The van der Waals surface area contributed by atoms with Crippen LogP contribution in [0.25, 0.3) is 0 Å². The number of unbranched alkanes of at least 4 members (excludes halogenated alkanes) is 1. The fourth-order valence-corrected chi connectivity index (χ4v) is 2.49. The smallest absolute Gasteiger partial charge is 0.217 e. The van der Waals surface area contributed by atoms with Crippen LogP contribution in [0, 0.1) is 0 Å². The van der Waals surface area contributed by atoms with Crippen LogP contribution in [-0.4, -0.2) is 30.0 Å². The Labute approximate surface area is 185 Å². The first-order valence-corrected chi connectivity index (χ1v) is 11.5. The van der Waals surface area contributed by atoms with Gasteiger partial charge >= 0.3 is 0 Å². The summed E-state index contributed by atoms with van der Waals surface area (Å²) in [4.78, 5) is 11.5. The maximum Gasteiger partial charge on any atom is 0.217 e. The molecule has 0 aliphatic carbocycles. The average molecular weight is 420 g/mol. The van der Waals surface area contributed by atoms with Gasteiger partial charge in [0.1, 0.15) is 0 Å². The van der Waals surface area contributed by atoms with Gasteiger partial charge in [-0.2, -0.15) is 10.2 Å². The van der Waals surface area contributed by atoms with E-state index in [4.69, 9.17) is 4.74 Å². The fourth-order valence-electron chi connectivity index (χ4n) is 2.49. The van der Waals surface area contributed by atoms with Crippen LogP contribution in [0.15, 0.2) is 40.5 Å². The standard InChI is InChI=1S/C21H33N3O2.2C2H6/c1-5-7-14-20(11-6-2)24-23-17(3)21(22-18(4)25)16-26-15-19-12-9-8-10-13-19;2*1-2/h8-10,12-13,21H,5-7,11,14-16H2,1-4H3,(H,22,25);2*1-2H3/b23-17+,24-20-;;. The summed E-state index contributed by atoms with van der Waals surface area (Å²) in [6, 6.07) is 9.71. The molecule has 0 aliphatic heterocycles. The van der Waals surface area contributed by atoms with Crippen molar-refractivity contribution >= 4 is 17.3 Å². The first-order chi connectivity index (χ1) is 14.6. The van der Waals surface area contributed by atoms with Crippen LogP contribution in [0.1, 0.15) is 93.1 Å². The molecule has 0 fully saturated rings. The highest BCUT2D eigenvalue weighted by molar-refractivity contribution is 5.92. The summed E-state index contributed by atoms with van der Waals surface area (Å²) in [5.41, 5.74) is 2.99. The second kappa shape index (κ2) is 21.7. The molecule has 1 rings (SSSR count). The van der Waals surface area contributed by atoms with E-state index in [0.717, 1.165) is 49.1 Å². The SMILES string of the molecule is CC.CC.CCCC/C(CCC)=N\N=C(/C)C(COCc1ccccc1)NC(C)=O. The molecule has 0 heterocycles. The quantitative estimate of drug-likeness (QED) is 0.308. The van der Waals surface area contributed by atoms with Gasteiger partial charge in [-0.3, -0.25) is 4.79 Å². The summed E-state index contributed by atoms with van der Waals surface area (Å²) in [5, 5.41) is 11.7. The first-order valence-electron chi connectivity index (χ1n) is 11.5. The van der Waals surface area contributed by atoms with E-state index in [1.54, 1.807) is 0 Å². The normalized spacial score (nSPS) is 12.1. The zero-order valence-corrected chi connectivity index (χ0v) is 20.6. The van der Waals surface area contributed by atoms with Gasteiger partial charge in [0.05, 0.1) is 25.0 Å². The molecule has 5 nitrogen and oxygen atoms in total. The Hall–Kier alpha value is -2.01. The molecule has 1 aromatic carbocycles. The van der Waals surface area contributed by atoms with Crippen molar-refractivity contribution in [1.82, 2.24) is 5.32 Å². The Morgan fingerprint density at radius 1 is 0.967 bits per heavy atom. The number of carbonyl (C=O) groups excluding carboxylic acids is 1. The lowest BCUT2D eigenvalue weighted by Gasteiger charge is -2.17. The minimum atomic E-state index is -0.269. The lowest BCUT2D eigenvalue weighted by molar-refractivity contribution is -0.119. The molecule has 1 unspecified atom stereocenters. The van der Waals surface area contributed by atoms with Crippen molar-refractivity contribution in [2.45, 2.75) is 100 Å². The molecule has 5 heteroatoms. The van der Waals surface area contributed by atoms with Gasteiger partial charge in [-0.15, -0.1) is 0 Å². The lowest BCUT2D eigenvalue weighted by atomic mass is 10.1. The Balaban J connectivity index is 0. The predicted molar refractivity (Wildman–Crippen MR) is 131 cm³/mol. The number of ether oxygens (including phenoxy) is 1. The molecule has 0 spiro atoms. The molecule has 0 saturated heterocycles. The van der Waals surface area contributed by atoms with E-state index in [9.17, 15) is 4.79 Å². The van der Waals surface area contributed by atoms with Gasteiger partial charge in [-0.25, -0.2) is 0 Å². The topological polar surface area (TPSA) is 63.1 Å². The number of nitrogens with zero attached hydrogens (tertiary/aromatic N) is 2. The molecule has 1 amide bonds. The highest BCUT2D eigenvalue weighted by Gasteiger charge is 2.14. The first kappa shape index (κ1) is 30.2. The minimum absolute atomic E-state index is 0.100. The van der Waals surface area contributed by atoms with Crippen molar-refractivity contribution in [3.05, 3.63) is 35.9 Å². The summed E-state index contributed by atoms with van der Waals surface area (Å²) in [6.07, 6.45) is 5.28. The van der Waals surface area contributed by atoms with Crippen molar-refractivity contribution in [1.29, 1.82) is 0 Å². The van der Waals surface area contributed by atoms with E-state index < -0.39 is 0 Å². The summed E-state index contributed by atoms with van der Waals surface area (Å²) in [6.45, 7) is 16.6. The minimum Gasteiger partial charge on any atom is -0.374 e. The molecule has 1 aromatic rings. The number of nitrogens with one attached hydrogen (secondary N) is 1. The fraction of sp³-hybridized carbons (Fsp3) is 0.640. The third-order valence-electron chi connectivity index (χ3n) is 3.98. The Morgan fingerprint density at radius 3 is 2.13 bits per heavy atom. The number of hydrogen-bond acceptors (Lipinski definition) is 4. The van der Waals surface area contributed by atoms with Crippen LogP contribution in [0.3, 0.4) is 0 Å². The molecule has 0 bridgehead atoms. The predicted octanol–water partition coefficient (Wildman–Crippen LogP) is 6.57. The molecule has 0 radical (unpaired) electrons. The van der Waals surface area contributed by atoms with Crippen LogP contribution in [0.2, 0.25) is 0 Å². The monoisotopic (exact) mass is 419 g/mol. The molecular formula is C25H45N3O2. The molecule has 1 N–H and O–H groups in total.